The largest absolute Gasteiger partial charge is 0.372 e. The fourth-order valence-corrected chi connectivity index (χ4v) is 3.60. The number of benzene rings is 1. The second-order valence-corrected chi connectivity index (χ2v) is 6.82. The number of piperazine rings is 1. The van der Waals surface area contributed by atoms with Gasteiger partial charge in [0.15, 0.2) is 0 Å². The number of fused-ring (bicyclic) bond motifs is 1. The van der Waals surface area contributed by atoms with E-state index in [1.807, 2.05) is 4.90 Å². The smallest absolute Gasteiger partial charge is 0.358 e. The van der Waals surface area contributed by atoms with Crippen molar-refractivity contribution in [3.63, 3.8) is 0 Å². The number of imidazole rings is 1. The Kier molecular flexibility index (Phi) is 4.67. The summed E-state index contributed by atoms with van der Waals surface area (Å²) in [4.78, 5) is 19.6. The summed E-state index contributed by atoms with van der Waals surface area (Å²) in [6, 6.07) is 9.94. The van der Waals surface area contributed by atoms with Gasteiger partial charge in [-0.05, 0) is 23.1 Å². The highest BCUT2D eigenvalue weighted by Gasteiger charge is 2.29. The number of hydrogen-bond donors (Lipinski definition) is 0. The summed E-state index contributed by atoms with van der Waals surface area (Å²) >= 11 is 6.11. The van der Waals surface area contributed by atoms with Crippen molar-refractivity contribution in [2.45, 2.75) is 6.54 Å². The van der Waals surface area contributed by atoms with Gasteiger partial charge in [0, 0.05) is 49.4 Å². The van der Waals surface area contributed by atoms with Crippen LogP contribution >= 0.6 is 11.6 Å². The minimum atomic E-state index is -0.402. The van der Waals surface area contributed by atoms with E-state index in [-0.39, 0.29) is 11.6 Å². The van der Waals surface area contributed by atoms with E-state index in [4.69, 9.17) is 11.6 Å². The van der Waals surface area contributed by atoms with Crippen LogP contribution in [0, 0.1) is 15.9 Å². The maximum atomic E-state index is 14.0. The van der Waals surface area contributed by atoms with Gasteiger partial charge < -0.3 is 15.0 Å². The number of nitrogens with zero attached hydrogens (tertiary/aromatic N) is 5. The summed E-state index contributed by atoms with van der Waals surface area (Å²) in [6.45, 7) is 2.81. The number of aromatic nitrogens is 2. The summed E-state index contributed by atoms with van der Waals surface area (Å²) < 4.78 is 15.5. The highest BCUT2D eigenvalue weighted by Crippen LogP contribution is 2.30. The molecule has 0 aliphatic carbocycles. The van der Waals surface area contributed by atoms with Crippen molar-refractivity contribution in [3.8, 4) is 0 Å². The van der Waals surface area contributed by atoms with Crippen LogP contribution in [0.2, 0.25) is 5.02 Å². The lowest BCUT2D eigenvalue weighted by Gasteiger charge is -2.34. The van der Waals surface area contributed by atoms with Crippen LogP contribution in [0.4, 0.5) is 16.0 Å². The lowest BCUT2D eigenvalue weighted by Crippen LogP contribution is -2.46. The Bertz CT molecular complexity index is 980. The molecule has 1 saturated heterocycles. The zero-order chi connectivity index (χ0) is 19.0. The molecule has 0 N–H and O–H groups in total. The van der Waals surface area contributed by atoms with Gasteiger partial charge in [0.1, 0.15) is 5.82 Å². The van der Waals surface area contributed by atoms with E-state index >= 15 is 0 Å². The predicted molar refractivity (Wildman–Crippen MR) is 101 cm³/mol. The molecule has 0 saturated carbocycles. The minimum Gasteiger partial charge on any atom is -0.358 e. The SMILES string of the molecule is O=[N+]([O-])c1c(N2CCN(Cc3c(F)cccc3Cl)CC2)nc2ccccn12. The zero-order valence-corrected chi connectivity index (χ0v) is 15.1. The maximum absolute atomic E-state index is 14.0. The Morgan fingerprint density at radius 2 is 1.93 bits per heavy atom. The summed E-state index contributed by atoms with van der Waals surface area (Å²) in [7, 11) is 0. The third kappa shape index (κ3) is 3.33. The van der Waals surface area contributed by atoms with E-state index in [1.165, 1.54) is 10.5 Å². The Morgan fingerprint density at radius 3 is 2.63 bits per heavy atom. The lowest BCUT2D eigenvalue weighted by molar-refractivity contribution is -0.389. The van der Waals surface area contributed by atoms with E-state index in [1.54, 1.807) is 36.5 Å². The van der Waals surface area contributed by atoms with Gasteiger partial charge in [0.25, 0.3) is 0 Å². The molecule has 27 heavy (non-hydrogen) atoms. The van der Waals surface area contributed by atoms with Crippen LogP contribution in [0.15, 0.2) is 42.6 Å². The third-order valence-corrected chi connectivity index (χ3v) is 5.13. The van der Waals surface area contributed by atoms with Crippen LogP contribution < -0.4 is 4.90 Å². The van der Waals surface area contributed by atoms with Crippen molar-refractivity contribution in [1.82, 2.24) is 14.3 Å². The average molecular weight is 390 g/mol. The second kappa shape index (κ2) is 7.13. The molecule has 3 aromatic rings. The van der Waals surface area contributed by atoms with Crippen LogP contribution in [0.3, 0.4) is 0 Å². The summed E-state index contributed by atoms with van der Waals surface area (Å²) in [5, 5.41) is 12.0. The highest BCUT2D eigenvalue weighted by atomic mass is 35.5. The molecule has 1 aliphatic heterocycles. The van der Waals surface area contributed by atoms with Gasteiger partial charge in [-0.2, -0.15) is 9.38 Å². The van der Waals surface area contributed by atoms with Crippen molar-refractivity contribution in [2.24, 2.45) is 0 Å². The van der Waals surface area contributed by atoms with Crippen LogP contribution in [0.25, 0.3) is 5.65 Å². The van der Waals surface area contributed by atoms with Gasteiger partial charge in [0.05, 0.1) is 6.20 Å². The molecule has 0 spiro atoms. The predicted octanol–water partition coefficient (Wildman–Crippen LogP) is 3.36. The second-order valence-electron chi connectivity index (χ2n) is 6.41. The standard InChI is InChI=1S/C18H17ClFN5O2/c19-14-4-3-5-15(20)13(14)12-22-8-10-23(11-9-22)17-18(25(26)27)24-7-2-1-6-16(24)21-17/h1-7H,8-12H2. The normalized spacial score (nSPS) is 15.4. The Morgan fingerprint density at radius 1 is 1.15 bits per heavy atom. The van der Waals surface area contributed by atoms with Gasteiger partial charge in [0.2, 0.25) is 11.5 Å². The molecule has 1 aromatic carbocycles. The van der Waals surface area contributed by atoms with Crippen molar-refractivity contribution in [1.29, 1.82) is 0 Å². The first kappa shape index (κ1) is 17.7. The molecule has 0 unspecified atom stereocenters. The average Bonchev–Trinajstić information content (AvgIpc) is 3.05. The van der Waals surface area contributed by atoms with Crippen molar-refractivity contribution >= 4 is 28.9 Å². The fraction of sp³-hybridized carbons (Fsp3) is 0.278. The van der Waals surface area contributed by atoms with Gasteiger partial charge in [-0.25, -0.2) is 4.39 Å². The number of nitro groups is 1. The molecule has 140 valence electrons. The van der Waals surface area contributed by atoms with Crippen LogP contribution in [0.5, 0.6) is 0 Å². The van der Waals surface area contributed by atoms with Gasteiger partial charge >= 0.3 is 5.82 Å². The molecule has 4 rings (SSSR count). The van der Waals surface area contributed by atoms with E-state index < -0.39 is 4.92 Å². The molecule has 0 radical (unpaired) electrons. The Hall–Kier alpha value is -2.71. The first-order valence-corrected chi connectivity index (χ1v) is 8.94. The Balaban J connectivity index is 1.52. The quantitative estimate of drug-likeness (QED) is 0.505. The summed E-state index contributed by atoms with van der Waals surface area (Å²) in [5.41, 5.74) is 1.02. The zero-order valence-electron chi connectivity index (χ0n) is 14.4. The van der Waals surface area contributed by atoms with Gasteiger partial charge in [-0.1, -0.05) is 23.7 Å². The topological polar surface area (TPSA) is 66.9 Å². The van der Waals surface area contributed by atoms with Crippen LogP contribution in [0.1, 0.15) is 5.56 Å². The van der Waals surface area contributed by atoms with E-state index in [9.17, 15) is 14.5 Å². The number of anilines is 1. The van der Waals surface area contributed by atoms with E-state index in [0.717, 1.165) is 0 Å². The van der Waals surface area contributed by atoms with Crippen molar-refractivity contribution in [2.75, 3.05) is 31.1 Å². The molecule has 2 aromatic heterocycles. The highest BCUT2D eigenvalue weighted by molar-refractivity contribution is 6.31. The number of halogens is 2. The molecule has 9 heteroatoms. The molecule has 0 amide bonds. The maximum Gasteiger partial charge on any atom is 0.372 e. The number of pyridine rings is 1. The van der Waals surface area contributed by atoms with Crippen LogP contribution in [-0.4, -0.2) is 45.4 Å². The first-order chi connectivity index (χ1) is 13.0. The molecule has 0 bridgehead atoms. The molecule has 1 aliphatic rings. The molecule has 3 heterocycles. The Labute approximate surface area is 159 Å². The van der Waals surface area contributed by atoms with Crippen molar-refractivity contribution < 1.29 is 9.31 Å². The van der Waals surface area contributed by atoms with Gasteiger partial charge in [-0.3, -0.25) is 4.90 Å². The van der Waals surface area contributed by atoms with Crippen LogP contribution in [-0.2, 0) is 6.54 Å². The summed E-state index contributed by atoms with van der Waals surface area (Å²) in [5.74, 6) is 0.0203. The fourth-order valence-electron chi connectivity index (χ4n) is 3.38. The summed E-state index contributed by atoms with van der Waals surface area (Å²) in [6.07, 6.45) is 1.64. The minimum absolute atomic E-state index is 0.0313. The van der Waals surface area contributed by atoms with Crippen molar-refractivity contribution in [3.05, 3.63) is 69.1 Å². The van der Waals surface area contributed by atoms with E-state index in [2.05, 4.69) is 9.88 Å². The number of rotatable bonds is 4. The molecule has 7 nitrogen and oxygen atoms in total. The molecule has 0 atom stereocenters. The number of hydrogen-bond acceptors (Lipinski definition) is 5. The third-order valence-electron chi connectivity index (χ3n) is 4.78. The monoisotopic (exact) mass is 389 g/mol. The molecular formula is C18H17ClFN5O2. The lowest BCUT2D eigenvalue weighted by atomic mass is 10.2. The molecule has 1 fully saturated rings. The van der Waals surface area contributed by atoms with Gasteiger partial charge in [-0.15, -0.1) is 0 Å². The molecular weight excluding hydrogens is 373 g/mol. The van der Waals surface area contributed by atoms with E-state index in [0.29, 0.717) is 54.8 Å². The first-order valence-electron chi connectivity index (χ1n) is 8.56.